The summed E-state index contributed by atoms with van der Waals surface area (Å²) in [5, 5.41) is 18.8. The van der Waals surface area contributed by atoms with Crippen molar-refractivity contribution >= 4 is 0 Å². The van der Waals surface area contributed by atoms with Crippen molar-refractivity contribution in [2.45, 2.75) is 20.4 Å². The summed E-state index contributed by atoms with van der Waals surface area (Å²) in [5.41, 5.74) is 0.809. The molecule has 0 fully saturated rings. The molecule has 0 amide bonds. The van der Waals surface area contributed by atoms with E-state index in [0.29, 0.717) is 0 Å². The smallest absolute Gasteiger partial charge is 0.124 e. The highest BCUT2D eigenvalue weighted by molar-refractivity contribution is 5.37. The number of benzene rings is 1. The number of aromatic hydroxyl groups is 2. The van der Waals surface area contributed by atoms with Gasteiger partial charge in [-0.3, -0.25) is 0 Å². The molecular weight excluding hydrogens is 178 g/mol. The third-order valence-electron chi connectivity index (χ3n) is 2.50. The van der Waals surface area contributed by atoms with E-state index in [1.54, 1.807) is 6.07 Å². The van der Waals surface area contributed by atoms with Crippen molar-refractivity contribution in [3.63, 3.8) is 0 Å². The Labute approximate surface area is 84.6 Å². The van der Waals surface area contributed by atoms with Crippen LogP contribution in [0.15, 0.2) is 18.2 Å². The molecule has 0 saturated carbocycles. The molecule has 0 unspecified atom stereocenters. The van der Waals surface area contributed by atoms with Crippen LogP contribution in [0.5, 0.6) is 11.5 Å². The molecule has 3 nitrogen and oxygen atoms in total. The molecule has 0 aliphatic heterocycles. The Hall–Kier alpha value is -1.22. The van der Waals surface area contributed by atoms with Gasteiger partial charge in [0.2, 0.25) is 0 Å². The molecule has 0 radical (unpaired) electrons. The lowest BCUT2D eigenvalue weighted by molar-refractivity contribution is -0.910. The summed E-state index contributed by atoms with van der Waals surface area (Å²) in [7, 11) is 0. The molecule has 0 heterocycles. The monoisotopic (exact) mass is 196 g/mol. The molecule has 3 N–H and O–H groups in total. The van der Waals surface area contributed by atoms with Crippen LogP contribution in [0.2, 0.25) is 0 Å². The Morgan fingerprint density at radius 2 is 1.79 bits per heavy atom. The van der Waals surface area contributed by atoms with Gasteiger partial charge in [0.15, 0.2) is 0 Å². The highest BCUT2D eigenvalue weighted by atomic mass is 16.3. The molecule has 0 aromatic heterocycles. The molecule has 0 bridgehead atoms. The predicted octanol–water partition coefficient (Wildman–Crippen LogP) is 0.522. The van der Waals surface area contributed by atoms with Crippen LogP contribution in [-0.4, -0.2) is 23.3 Å². The third-order valence-corrected chi connectivity index (χ3v) is 2.50. The van der Waals surface area contributed by atoms with Crippen LogP contribution in [-0.2, 0) is 6.54 Å². The largest absolute Gasteiger partial charge is 0.508 e. The number of nitrogens with one attached hydrogen (secondary N) is 1. The minimum Gasteiger partial charge on any atom is -0.508 e. The first-order chi connectivity index (χ1) is 6.67. The quantitative estimate of drug-likeness (QED) is 0.615. The maximum absolute atomic E-state index is 9.55. The summed E-state index contributed by atoms with van der Waals surface area (Å²) >= 11 is 0. The molecule has 14 heavy (non-hydrogen) atoms. The van der Waals surface area contributed by atoms with E-state index in [1.807, 2.05) is 0 Å². The fourth-order valence-corrected chi connectivity index (χ4v) is 1.48. The summed E-state index contributed by atoms with van der Waals surface area (Å²) in [4.78, 5) is 1.38. The van der Waals surface area contributed by atoms with E-state index in [-0.39, 0.29) is 11.5 Å². The van der Waals surface area contributed by atoms with E-state index >= 15 is 0 Å². The molecule has 78 valence electrons. The Kier molecular flexibility index (Phi) is 3.77. The zero-order valence-corrected chi connectivity index (χ0v) is 8.75. The van der Waals surface area contributed by atoms with Crippen LogP contribution in [0.3, 0.4) is 0 Å². The van der Waals surface area contributed by atoms with Crippen molar-refractivity contribution < 1.29 is 15.1 Å². The Bertz CT molecular complexity index is 295. The molecule has 1 aromatic rings. The van der Waals surface area contributed by atoms with Gasteiger partial charge in [0.1, 0.15) is 18.0 Å². The second-order valence-corrected chi connectivity index (χ2v) is 3.45. The zero-order valence-electron chi connectivity index (χ0n) is 8.75. The number of phenolic OH excluding ortho intramolecular Hbond substituents is 2. The molecule has 0 atom stereocenters. The number of hydrogen-bond acceptors (Lipinski definition) is 2. The van der Waals surface area contributed by atoms with E-state index in [2.05, 4.69) is 13.8 Å². The topological polar surface area (TPSA) is 44.9 Å². The maximum atomic E-state index is 9.55. The van der Waals surface area contributed by atoms with Crippen LogP contribution in [0, 0.1) is 0 Å². The van der Waals surface area contributed by atoms with Gasteiger partial charge in [-0.25, -0.2) is 0 Å². The lowest BCUT2D eigenvalue weighted by Gasteiger charge is -2.16. The molecule has 0 saturated heterocycles. The summed E-state index contributed by atoms with van der Waals surface area (Å²) in [6.07, 6.45) is 0. The van der Waals surface area contributed by atoms with E-state index in [0.717, 1.165) is 25.2 Å². The van der Waals surface area contributed by atoms with Crippen molar-refractivity contribution in [2.75, 3.05) is 13.1 Å². The summed E-state index contributed by atoms with van der Waals surface area (Å²) in [5.74, 6) is 0.478. The van der Waals surface area contributed by atoms with Gasteiger partial charge in [-0.2, -0.15) is 0 Å². The van der Waals surface area contributed by atoms with Crippen molar-refractivity contribution in [2.24, 2.45) is 0 Å². The fraction of sp³-hybridized carbons (Fsp3) is 0.455. The van der Waals surface area contributed by atoms with Gasteiger partial charge in [0.05, 0.1) is 18.7 Å². The number of quaternary nitrogens is 1. The van der Waals surface area contributed by atoms with Crippen LogP contribution in [0.1, 0.15) is 19.4 Å². The second-order valence-electron chi connectivity index (χ2n) is 3.45. The van der Waals surface area contributed by atoms with Crippen molar-refractivity contribution in [3.05, 3.63) is 23.8 Å². The van der Waals surface area contributed by atoms with Crippen LogP contribution >= 0.6 is 0 Å². The average molecular weight is 196 g/mol. The van der Waals surface area contributed by atoms with E-state index in [1.165, 1.54) is 17.0 Å². The molecule has 1 rings (SSSR count). The lowest BCUT2D eigenvalue weighted by Crippen LogP contribution is -3.10. The first-order valence-corrected chi connectivity index (χ1v) is 5.01. The van der Waals surface area contributed by atoms with Crippen LogP contribution in [0.25, 0.3) is 0 Å². The van der Waals surface area contributed by atoms with Gasteiger partial charge in [0, 0.05) is 0 Å². The molecule has 0 aliphatic carbocycles. The Balaban J connectivity index is 2.79. The van der Waals surface area contributed by atoms with E-state index in [9.17, 15) is 10.2 Å². The first-order valence-electron chi connectivity index (χ1n) is 5.01. The fourth-order valence-electron chi connectivity index (χ4n) is 1.48. The normalized spacial score (nSPS) is 10.8. The molecular formula is C11H18NO2+. The summed E-state index contributed by atoms with van der Waals surface area (Å²) in [6, 6.07) is 4.66. The van der Waals surface area contributed by atoms with Gasteiger partial charge >= 0.3 is 0 Å². The minimum absolute atomic E-state index is 0.212. The van der Waals surface area contributed by atoms with Gasteiger partial charge in [-0.15, -0.1) is 0 Å². The van der Waals surface area contributed by atoms with E-state index < -0.39 is 0 Å². The Morgan fingerprint density at radius 3 is 2.36 bits per heavy atom. The Morgan fingerprint density at radius 1 is 1.14 bits per heavy atom. The van der Waals surface area contributed by atoms with Crippen molar-refractivity contribution in [3.8, 4) is 11.5 Å². The van der Waals surface area contributed by atoms with Gasteiger partial charge in [-0.05, 0) is 32.0 Å². The van der Waals surface area contributed by atoms with E-state index in [4.69, 9.17) is 0 Å². The highest BCUT2D eigenvalue weighted by Crippen LogP contribution is 2.20. The third kappa shape index (κ3) is 2.64. The minimum atomic E-state index is 0.212. The van der Waals surface area contributed by atoms with Crippen molar-refractivity contribution in [1.29, 1.82) is 0 Å². The number of rotatable bonds is 4. The van der Waals surface area contributed by atoms with Gasteiger partial charge in [0.25, 0.3) is 0 Å². The number of hydrogen-bond donors (Lipinski definition) is 3. The zero-order chi connectivity index (χ0) is 10.6. The molecule has 0 spiro atoms. The summed E-state index contributed by atoms with van der Waals surface area (Å²) < 4.78 is 0. The standard InChI is InChI=1S/C11H17NO2/c1-3-12(4-2)8-9-7-10(13)5-6-11(9)14/h5-7,13-14H,3-4,8H2,1-2H3/p+1. The molecule has 1 aromatic carbocycles. The van der Waals surface area contributed by atoms with Gasteiger partial charge in [-0.1, -0.05) is 0 Å². The van der Waals surface area contributed by atoms with Crippen LogP contribution < -0.4 is 4.90 Å². The average Bonchev–Trinajstić information content (AvgIpc) is 2.19. The lowest BCUT2D eigenvalue weighted by atomic mass is 10.2. The highest BCUT2D eigenvalue weighted by Gasteiger charge is 2.09. The van der Waals surface area contributed by atoms with Crippen LogP contribution in [0.4, 0.5) is 0 Å². The molecule has 0 aliphatic rings. The summed E-state index contributed by atoms with van der Waals surface area (Å²) in [6.45, 7) is 7.02. The van der Waals surface area contributed by atoms with Crippen molar-refractivity contribution in [1.82, 2.24) is 0 Å². The molecule has 3 heteroatoms. The second kappa shape index (κ2) is 4.86. The first kappa shape index (κ1) is 10.9. The predicted molar refractivity (Wildman–Crippen MR) is 55.5 cm³/mol. The SMILES string of the molecule is CC[NH+](CC)Cc1cc(O)ccc1O. The maximum Gasteiger partial charge on any atom is 0.124 e. The van der Waals surface area contributed by atoms with Gasteiger partial charge < -0.3 is 15.1 Å². The number of phenols is 2.